The molecule has 0 aliphatic heterocycles. The Kier molecular flexibility index (Phi) is 12.1. The van der Waals surface area contributed by atoms with Crippen LogP contribution in [0.15, 0.2) is 65.8 Å². The van der Waals surface area contributed by atoms with Crippen LogP contribution in [0.2, 0.25) is 0 Å². The number of thioether (sulfide) groups is 1. The highest BCUT2D eigenvalue weighted by Crippen LogP contribution is 2.32. The molecule has 1 aromatic heterocycles. The molecule has 194 valence electrons. The van der Waals surface area contributed by atoms with Crippen molar-refractivity contribution in [3.63, 3.8) is 0 Å². The molecule has 0 bridgehead atoms. The molecule has 1 amide bonds. The van der Waals surface area contributed by atoms with Gasteiger partial charge in [-0.25, -0.2) is 4.98 Å². The third kappa shape index (κ3) is 8.85. The molecule has 0 aliphatic rings. The van der Waals surface area contributed by atoms with Gasteiger partial charge in [-0.1, -0.05) is 125 Å². The number of unbranched alkanes of at least 4 members (excludes halogenated alkanes) is 6. The zero-order valence-corrected chi connectivity index (χ0v) is 23.2. The van der Waals surface area contributed by atoms with Crippen molar-refractivity contribution in [1.82, 2.24) is 14.9 Å². The van der Waals surface area contributed by atoms with Crippen molar-refractivity contribution in [3.05, 3.63) is 60.7 Å². The second-order valence-corrected chi connectivity index (χ2v) is 10.9. The highest BCUT2D eigenvalue weighted by molar-refractivity contribution is 7.99. The molecule has 4 nitrogen and oxygen atoms in total. The minimum atomic E-state index is 0.0766. The molecule has 0 radical (unpaired) electrons. The summed E-state index contributed by atoms with van der Waals surface area (Å²) in [5.41, 5.74) is 4.36. The largest absolute Gasteiger partial charge is 0.342 e. The number of H-pyrrole nitrogens is 1. The first kappa shape index (κ1) is 28.0. The Balaban J connectivity index is 1.49. The van der Waals surface area contributed by atoms with Crippen LogP contribution in [-0.4, -0.2) is 39.6 Å². The summed E-state index contributed by atoms with van der Waals surface area (Å²) in [6.45, 7) is 8.06. The number of amides is 1. The summed E-state index contributed by atoms with van der Waals surface area (Å²) in [6.07, 6.45) is 9.50. The van der Waals surface area contributed by atoms with Crippen LogP contribution in [0.5, 0.6) is 0 Å². The third-order valence-corrected chi connectivity index (χ3v) is 7.40. The van der Waals surface area contributed by atoms with Crippen molar-refractivity contribution in [2.45, 2.75) is 77.3 Å². The molecule has 0 atom stereocenters. The number of rotatable bonds is 16. The first-order chi connectivity index (χ1) is 17.6. The minimum Gasteiger partial charge on any atom is -0.342 e. The molecular formula is C31H43N3OS. The summed E-state index contributed by atoms with van der Waals surface area (Å²) < 4.78 is 0. The maximum Gasteiger partial charge on any atom is 0.225 e. The summed E-state index contributed by atoms with van der Waals surface area (Å²) in [6, 6.07) is 20.8. The van der Waals surface area contributed by atoms with E-state index in [0.29, 0.717) is 5.91 Å². The molecule has 0 saturated heterocycles. The third-order valence-electron chi connectivity index (χ3n) is 6.44. The fourth-order valence-electron chi connectivity index (χ4n) is 4.39. The summed E-state index contributed by atoms with van der Waals surface area (Å²) in [7, 11) is 0. The Hall–Kier alpha value is -2.53. The molecule has 5 heteroatoms. The quantitative estimate of drug-likeness (QED) is 0.157. The topological polar surface area (TPSA) is 49.0 Å². The van der Waals surface area contributed by atoms with Gasteiger partial charge >= 0.3 is 0 Å². The minimum absolute atomic E-state index is 0.0766. The predicted molar refractivity (Wildman–Crippen MR) is 154 cm³/mol. The number of hydrogen-bond acceptors (Lipinski definition) is 3. The van der Waals surface area contributed by atoms with Gasteiger partial charge in [0, 0.05) is 35.9 Å². The van der Waals surface area contributed by atoms with Gasteiger partial charge in [0.05, 0.1) is 11.4 Å². The van der Waals surface area contributed by atoms with Gasteiger partial charge in [0.1, 0.15) is 0 Å². The lowest BCUT2D eigenvalue weighted by atomic mass is 10.1. The van der Waals surface area contributed by atoms with E-state index in [2.05, 4.69) is 65.3 Å². The van der Waals surface area contributed by atoms with E-state index in [9.17, 15) is 4.79 Å². The number of nitrogens with zero attached hydrogens (tertiary/aromatic N) is 2. The lowest BCUT2D eigenvalue weighted by Crippen LogP contribution is -2.36. The predicted octanol–water partition coefficient (Wildman–Crippen LogP) is 8.46. The molecule has 1 heterocycles. The Bertz CT molecular complexity index is 960. The number of hydrogen-bond donors (Lipinski definition) is 1. The highest BCUT2D eigenvalue weighted by Gasteiger charge is 2.17. The van der Waals surface area contributed by atoms with E-state index in [1.807, 2.05) is 26.0 Å². The number of carbonyl (C=O) groups is 1. The first-order valence-corrected chi connectivity index (χ1v) is 14.7. The Morgan fingerprint density at radius 3 is 2.03 bits per heavy atom. The monoisotopic (exact) mass is 505 g/mol. The van der Waals surface area contributed by atoms with E-state index < -0.39 is 0 Å². The average Bonchev–Trinajstić information content (AvgIpc) is 3.34. The van der Waals surface area contributed by atoms with Crippen molar-refractivity contribution in [2.24, 2.45) is 5.92 Å². The molecule has 36 heavy (non-hydrogen) atoms. The number of imidazole rings is 1. The van der Waals surface area contributed by atoms with Crippen molar-refractivity contribution < 1.29 is 4.79 Å². The van der Waals surface area contributed by atoms with E-state index >= 15 is 0 Å². The Morgan fingerprint density at radius 1 is 0.833 bits per heavy atom. The molecule has 3 rings (SSSR count). The summed E-state index contributed by atoms with van der Waals surface area (Å²) >= 11 is 1.79. The molecule has 2 aromatic carbocycles. The van der Waals surface area contributed by atoms with Crippen LogP contribution in [0.3, 0.4) is 0 Å². The standard InChI is InChI=1S/C31H43N3OS/c1-4-5-6-7-15-22-34(30(35)25(2)3)23-16-10-17-24-36-31-32-28(26-18-11-8-12-19-26)29(33-31)27-20-13-9-14-21-27/h8-9,11-14,18-21,25H,4-7,10,15-17,22-24H2,1-3H3,(H,32,33). The van der Waals surface area contributed by atoms with Gasteiger partial charge in [-0.15, -0.1) is 0 Å². The van der Waals surface area contributed by atoms with Crippen LogP contribution in [0.1, 0.15) is 72.1 Å². The van der Waals surface area contributed by atoms with Crippen LogP contribution < -0.4 is 0 Å². The molecule has 0 fully saturated rings. The van der Waals surface area contributed by atoms with Crippen molar-refractivity contribution in [3.8, 4) is 22.5 Å². The number of nitrogens with one attached hydrogen (secondary N) is 1. The molecule has 1 N–H and O–H groups in total. The van der Waals surface area contributed by atoms with Crippen molar-refractivity contribution in [1.29, 1.82) is 0 Å². The van der Waals surface area contributed by atoms with Crippen LogP contribution in [0.25, 0.3) is 22.5 Å². The van der Waals surface area contributed by atoms with Gasteiger partial charge < -0.3 is 9.88 Å². The van der Waals surface area contributed by atoms with Gasteiger partial charge in [-0.3, -0.25) is 4.79 Å². The van der Waals surface area contributed by atoms with E-state index in [4.69, 9.17) is 4.98 Å². The van der Waals surface area contributed by atoms with Gasteiger partial charge in [0.15, 0.2) is 5.16 Å². The number of aromatic amines is 1. The van der Waals surface area contributed by atoms with Gasteiger partial charge in [0.25, 0.3) is 0 Å². The lowest BCUT2D eigenvalue weighted by Gasteiger charge is -2.24. The van der Waals surface area contributed by atoms with Gasteiger partial charge in [-0.2, -0.15) is 0 Å². The smallest absolute Gasteiger partial charge is 0.225 e. The van der Waals surface area contributed by atoms with Crippen LogP contribution in [0, 0.1) is 5.92 Å². The van der Waals surface area contributed by atoms with E-state index in [1.54, 1.807) is 11.8 Å². The fourth-order valence-corrected chi connectivity index (χ4v) is 5.26. The fraction of sp³-hybridized carbons (Fsp3) is 0.484. The van der Waals surface area contributed by atoms with Crippen molar-refractivity contribution >= 4 is 17.7 Å². The first-order valence-electron chi connectivity index (χ1n) is 13.7. The zero-order chi connectivity index (χ0) is 25.6. The lowest BCUT2D eigenvalue weighted by molar-refractivity contribution is -0.134. The number of carbonyl (C=O) groups excluding carboxylic acids is 1. The molecule has 0 saturated carbocycles. The van der Waals surface area contributed by atoms with E-state index in [0.717, 1.165) is 72.2 Å². The maximum absolute atomic E-state index is 12.6. The van der Waals surface area contributed by atoms with Gasteiger partial charge in [-0.05, 0) is 19.3 Å². The molecular weight excluding hydrogens is 462 g/mol. The molecule has 3 aromatic rings. The molecule has 0 unspecified atom stereocenters. The maximum atomic E-state index is 12.6. The Morgan fingerprint density at radius 2 is 1.42 bits per heavy atom. The van der Waals surface area contributed by atoms with E-state index in [-0.39, 0.29) is 5.92 Å². The molecule has 0 aliphatic carbocycles. The highest BCUT2D eigenvalue weighted by atomic mass is 32.2. The van der Waals surface area contributed by atoms with Crippen LogP contribution >= 0.6 is 11.8 Å². The average molecular weight is 506 g/mol. The van der Waals surface area contributed by atoms with E-state index in [1.165, 1.54) is 25.7 Å². The normalized spacial score (nSPS) is 11.2. The summed E-state index contributed by atoms with van der Waals surface area (Å²) in [5.74, 6) is 1.40. The number of benzene rings is 2. The zero-order valence-electron chi connectivity index (χ0n) is 22.3. The molecule has 0 spiro atoms. The van der Waals surface area contributed by atoms with Crippen molar-refractivity contribution in [2.75, 3.05) is 18.8 Å². The van der Waals surface area contributed by atoms with Crippen LogP contribution in [0.4, 0.5) is 0 Å². The second-order valence-electron chi connectivity index (χ2n) is 9.80. The number of aromatic nitrogens is 2. The van der Waals surface area contributed by atoms with Crippen LogP contribution in [-0.2, 0) is 4.79 Å². The summed E-state index contributed by atoms with van der Waals surface area (Å²) in [4.78, 5) is 23.3. The summed E-state index contributed by atoms with van der Waals surface area (Å²) in [5, 5.41) is 0.969. The van der Waals surface area contributed by atoms with Gasteiger partial charge in [0.2, 0.25) is 5.91 Å². The second kappa shape index (κ2) is 15.6. The SMILES string of the molecule is CCCCCCCN(CCCCCSc1nc(-c2ccccc2)c(-c2ccccc2)[nH]1)C(=O)C(C)C. The Labute approximate surface area is 222 Å².